The van der Waals surface area contributed by atoms with Gasteiger partial charge in [-0.25, -0.2) is 0 Å². The molecule has 8 heteroatoms. The van der Waals surface area contributed by atoms with E-state index < -0.39 is 21.0 Å². The summed E-state index contributed by atoms with van der Waals surface area (Å²) in [5, 5.41) is 0. The van der Waals surface area contributed by atoms with Crippen LogP contribution in [0.3, 0.4) is 0 Å². The van der Waals surface area contributed by atoms with E-state index in [9.17, 15) is 9.46 Å². The van der Waals surface area contributed by atoms with Gasteiger partial charge in [0.1, 0.15) is 19.9 Å². The Labute approximate surface area is 103 Å². The van der Waals surface area contributed by atoms with E-state index in [2.05, 4.69) is 0 Å². The third kappa shape index (κ3) is 3.97. The van der Waals surface area contributed by atoms with Gasteiger partial charge in [0.05, 0.1) is 6.16 Å². The van der Waals surface area contributed by atoms with Crippen LogP contribution < -0.4 is 0 Å². The molecule has 0 spiro atoms. The Morgan fingerprint density at radius 2 is 1.82 bits per heavy atom. The molecule has 6 nitrogen and oxygen atoms in total. The molecule has 102 valence electrons. The Kier molecular flexibility index (Phi) is 5.13. The van der Waals surface area contributed by atoms with Gasteiger partial charge in [0.15, 0.2) is 0 Å². The van der Waals surface area contributed by atoms with Gasteiger partial charge in [-0.15, -0.1) is 0 Å². The maximum Gasteiger partial charge on any atom is 0.405 e. The van der Waals surface area contributed by atoms with E-state index in [1.807, 2.05) is 6.92 Å². The highest BCUT2D eigenvalue weighted by Gasteiger charge is 2.50. The van der Waals surface area contributed by atoms with Crippen LogP contribution in [0.4, 0.5) is 0 Å². The van der Waals surface area contributed by atoms with Crippen molar-refractivity contribution in [3.05, 3.63) is 0 Å². The molecule has 0 amide bonds. The van der Waals surface area contributed by atoms with Gasteiger partial charge in [-0.2, -0.15) is 13.9 Å². The molecular formula is C9H21O6P2+. The number of rotatable bonds is 5. The summed E-state index contributed by atoms with van der Waals surface area (Å²) in [6.07, 6.45) is 0.938. The normalized spacial score (nSPS) is 34.9. The second-order valence-corrected chi connectivity index (χ2v) is 8.73. The highest BCUT2D eigenvalue weighted by atomic mass is 31.2. The van der Waals surface area contributed by atoms with E-state index in [0.717, 1.165) is 0 Å². The van der Waals surface area contributed by atoms with Crippen LogP contribution in [0.15, 0.2) is 0 Å². The Balaban J connectivity index is 2.75. The van der Waals surface area contributed by atoms with Gasteiger partial charge < -0.3 is 9.05 Å². The van der Waals surface area contributed by atoms with Crippen LogP contribution in [0.25, 0.3) is 0 Å². The molecule has 0 aliphatic carbocycles. The van der Waals surface area contributed by atoms with Crippen molar-refractivity contribution in [2.75, 3.05) is 40.3 Å². The molecule has 1 rings (SSSR count). The maximum absolute atomic E-state index is 12.1. The number of hydrogen-bond donors (Lipinski definition) is 1. The lowest BCUT2D eigenvalue weighted by Crippen LogP contribution is -2.39. The molecule has 1 N–H and O–H groups in total. The minimum atomic E-state index is -3.10. The smallest absolute Gasteiger partial charge is 0.312 e. The van der Waals surface area contributed by atoms with E-state index >= 15 is 0 Å². The van der Waals surface area contributed by atoms with Gasteiger partial charge in [0.2, 0.25) is 0 Å². The van der Waals surface area contributed by atoms with Crippen LogP contribution in [0.1, 0.15) is 13.3 Å². The van der Waals surface area contributed by atoms with E-state index in [1.165, 1.54) is 14.2 Å². The van der Waals surface area contributed by atoms with Crippen molar-refractivity contribution in [3.63, 3.8) is 0 Å². The van der Waals surface area contributed by atoms with Crippen LogP contribution in [0, 0.1) is 5.41 Å². The lowest BCUT2D eigenvalue weighted by molar-refractivity contribution is 0.0132. The van der Waals surface area contributed by atoms with Crippen LogP contribution >= 0.6 is 15.5 Å². The second kappa shape index (κ2) is 5.62. The van der Waals surface area contributed by atoms with Crippen LogP contribution in [-0.4, -0.2) is 45.2 Å². The fraction of sp³-hybridized carbons (Fsp3) is 1.00. The van der Waals surface area contributed by atoms with Crippen LogP contribution in [-0.2, 0) is 22.7 Å². The molecule has 0 saturated carbocycles. The monoisotopic (exact) mass is 287 g/mol. The highest BCUT2D eigenvalue weighted by Crippen LogP contribution is 2.61. The Bertz CT molecular complexity index is 288. The largest absolute Gasteiger partial charge is 0.405 e. The summed E-state index contributed by atoms with van der Waals surface area (Å²) in [4.78, 5) is 9.65. The van der Waals surface area contributed by atoms with Gasteiger partial charge in [-0.05, 0) is 6.42 Å². The minimum Gasteiger partial charge on any atom is -0.312 e. The molecule has 1 aliphatic heterocycles. The van der Waals surface area contributed by atoms with E-state index in [0.29, 0.717) is 19.6 Å². The third-order valence-electron chi connectivity index (χ3n) is 3.06. The molecule has 1 saturated heterocycles. The molecular weight excluding hydrogens is 266 g/mol. The van der Waals surface area contributed by atoms with Crippen molar-refractivity contribution in [1.82, 2.24) is 0 Å². The van der Waals surface area contributed by atoms with Crippen molar-refractivity contribution in [2.45, 2.75) is 13.3 Å². The molecule has 1 aliphatic rings. The van der Waals surface area contributed by atoms with Crippen molar-refractivity contribution in [1.29, 1.82) is 0 Å². The lowest BCUT2D eigenvalue weighted by atomic mass is 9.90. The first-order valence-corrected chi connectivity index (χ1v) is 9.14. The van der Waals surface area contributed by atoms with E-state index in [-0.39, 0.29) is 6.16 Å². The molecule has 17 heavy (non-hydrogen) atoms. The summed E-state index contributed by atoms with van der Waals surface area (Å²) >= 11 is 0. The molecule has 0 unspecified atom stereocenters. The Morgan fingerprint density at radius 3 is 2.18 bits per heavy atom. The summed E-state index contributed by atoms with van der Waals surface area (Å²) in [5.41, 5.74) is -0.427. The Hall–Kier alpha value is 0.460. The summed E-state index contributed by atoms with van der Waals surface area (Å²) < 4.78 is 32.6. The van der Waals surface area contributed by atoms with Crippen molar-refractivity contribution in [3.8, 4) is 0 Å². The zero-order valence-corrected chi connectivity index (χ0v) is 12.5. The average Bonchev–Trinajstić information content (AvgIpc) is 2.32. The van der Waals surface area contributed by atoms with Crippen molar-refractivity contribution in [2.24, 2.45) is 5.41 Å². The molecule has 0 atom stereocenters. The van der Waals surface area contributed by atoms with E-state index in [1.54, 1.807) is 6.66 Å². The zero-order chi connectivity index (χ0) is 13.2. The summed E-state index contributed by atoms with van der Waals surface area (Å²) in [5.74, 6) is 0. The van der Waals surface area contributed by atoms with Gasteiger partial charge in [0.25, 0.3) is 0 Å². The molecule has 0 aromatic rings. The molecule has 0 bridgehead atoms. The Morgan fingerprint density at radius 1 is 1.35 bits per heavy atom. The summed E-state index contributed by atoms with van der Waals surface area (Å²) in [6, 6.07) is 0. The predicted molar refractivity (Wildman–Crippen MR) is 66.2 cm³/mol. The quantitative estimate of drug-likeness (QED) is 0.782. The van der Waals surface area contributed by atoms with Crippen molar-refractivity contribution >= 4 is 15.5 Å². The molecule has 0 aromatic carbocycles. The topological polar surface area (TPSA) is 74.2 Å². The summed E-state index contributed by atoms with van der Waals surface area (Å²) in [6.45, 7) is 4.11. The second-order valence-electron chi connectivity index (χ2n) is 4.34. The fourth-order valence-corrected chi connectivity index (χ4v) is 4.35. The average molecular weight is 287 g/mol. The third-order valence-corrected chi connectivity index (χ3v) is 6.44. The standard InChI is InChI=1S/C9H21O6P2/c1-5-9(8-17(11,12-2)13-3)6-14-16(4,10)15-7-9/h10H,5-8H2,1-4H3/q+1. The number of hydrogen-bond acceptors (Lipinski definition) is 6. The fourth-order valence-electron chi connectivity index (χ4n) is 1.61. The molecule has 0 radical (unpaired) electrons. The van der Waals surface area contributed by atoms with Crippen LogP contribution in [0.5, 0.6) is 0 Å². The molecule has 0 aromatic heterocycles. The molecule has 1 fully saturated rings. The first kappa shape index (κ1) is 15.5. The maximum atomic E-state index is 12.1. The van der Waals surface area contributed by atoms with Crippen LogP contribution in [0.2, 0.25) is 0 Å². The van der Waals surface area contributed by atoms with Gasteiger partial charge in [0, 0.05) is 19.6 Å². The summed E-state index contributed by atoms with van der Waals surface area (Å²) in [7, 11) is -3.06. The lowest BCUT2D eigenvalue weighted by Gasteiger charge is -2.36. The minimum absolute atomic E-state index is 0.226. The highest BCUT2D eigenvalue weighted by molar-refractivity contribution is 7.59. The van der Waals surface area contributed by atoms with Gasteiger partial charge >= 0.3 is 15.5 Å². The van der Waals surface area contributed by atoms with Gasteiger partial charge in [-0.1, -0.05) is 6.92 Å². The van der Waals surface area contributed by atoms with Crippen molar-refractivity contribution < 1.29 is 27.6 Å². The SMILES string of the molecule is CCC1(CP(=O)(OC)OC)CO[P+](C)(O)OC1. The first-order chi connectivity index (χ1) is 7.80. The molecule has 1 heterocycles. The van der Waals surface area contributed by atoms with Gasteiger partial charge in [-0.3, -0.25) is 4.57 Å². The first-order valence-electron chi connectivity index (χ1n) is 5.39. The zero-order valence-electron chi connectivity index (χ0n) is 10.7. The van der Waals surface area contributed by atoms with E-state index in [4.69, 9.17) is 18.1 Å². The predicted octanol–water partition coefficient (Wildman–Crippen LogP) is 2.30.